The van der Waals surface area contributed by atoms with Gasteiger partial charge in [-0.1, -0.05) is 6.07 Å². The fraction of sp³-hybridized carbons (Fsp3) is 0.100. The number of carbonyl (C=O) groups excluding carboxylic acids is 2. The number of imide groups is 1. The first-order valence-electron chi connectivity index (χ1n) is 8.64. The van der Waals surface area contributed by atoms with Crippen molar-refractivity contribution >= 4 is 17.9 Å². The SMILES string of the molecule is COc1cccc(C(=O)NC(=O)Nc2nc(-c3ccc(F)cc3)cc(C(F)(F)F)n2)c1. The first-order chi connectivity index (χ1) is 14.7. The van der Waals surface area contributed by atoms with Gasteiger partial charge in [0.15, 0.2) is 5.69 Å². The Morgan fingerprint density at radius 3 is 2.35 bits per heavy atom. The van der Waals surface area contributed by atoms with Gasteiger partial charge in [-0.05, 0) is 48.5 Å². The largest absolute Gasteiger partial charge is 0.497 e. The smallest absolute Gasteiger partial charge is 0.433 e. The summed E-state index contributed by atoms with van der Waals surface area (Å²) in [6.45, 7) is 0. The maximum Gasteiger partial charge on any atom is 0.433 e. The van der Waals surface area contributed by atoms with Crippen molar-refractivity contribution in [3.63, 3.8) is 0 Å². The number of aromatic nitrogens is 2. The number of anilines is 1. The number of amides is 3. The summed E-state index contributed by atoms with van der Waals surface area (Å²) in [6.07, 6.45) is -4.83. The molecule has 3 rings (SSSR count). The van der Waals surface area contributed by atoms with E-state index in [1.165, 1.54) is 37.4 Å². The molecule has 31 heavy (non-hydrogen) atoms. The van der Waals surface area contributed by atoms with E-state index < -0.39 is 35.6 Å². The summed E-state index contributed by atoms with van der Waals surface area (Å²) in [7, 11) is 1.40. The van der Waals surface area contributed by atoms with Crippen molar-refractivity contribution in [2.45, 2.75) is 6.18 Å². The Balaban J connectivity index is 1.84. The zero-order valence-corrected chi connectivity index (χ0v) is 15.8. The zero-order valence-electron chi connectivity index (χ0n) is 15.8. The highest BCUT2D eigenvalue weighted by Crippen LogP contribution is 2.31. The minimum absolute atomic E-state index is 0.0893. The van der Waals surface area contributed by atoms with Crippen molar-refractivity contribution in [2.75, 3.05) is 12.4 Å². The summed E-state index contributed by atoms with van der Waals surface area (Å²) >= 11 is 0. The first kappa shape index (κ1) is 21.7. The van der Waals surface area contributed by atoms with Gasteiger partial charge in [-0.3, -0.25) is 15.4 Å². The molecule has 0 radical (unpaired) electrons. The predicted molar refractivity (Wildman–Crippen MR) is 102 cm³/mol. The summed E-state index contributed by atoms with van der Waals surface area (Å²) in [4.78, 5) is 31.4. The number of ether oxygens (including phenoxy) is 1. The monoisotopic (exact) mass is 434 g/mol. The molecule has 0 aliphatic heterocycles. The Morgan fingerprint density at radius 1 is 1.00 bits per heavy atom. The minimum Gasteiger partial charge on any atom is -0.497 e. The number of nitrogens with one attached hydrogen (secondary N) is 2. The molecule has 0 saturated carbocycles. The van der Waals surface area contributed by atoms with Crippen molar-refractivity contribution < 1.29 is 31.9 Å². The normalized spacial score (nSPS) is 11.0. The van der Waals surface area contributed by atoms with E-state index in [0.717, 1.165) is 12.1 Å². The van der Waals surface area contributed by atoms with E-state index in [4.69, 9.17) is 4.74 Å². The fourth-order valence-corrected chi connectivity index (χ4v) is 2.49. The molecule has 7 nitrogen and oxygen atoms in total. The average molecular weight is 434 g/mol. The number of carbonyl (C=O) groups is 2. The van der Waals surface area contributed by atoms with Crippen LogP contribution in [0.4, 0.5) is 28.3 Å². The molecular formula is C20H14F4N4O3. The number of halogens is 4. The molecule has 1 aromatic heterocycles. The van der Waals surface area contributed by atoms with Crippen LogP contribution in [0.2, 0.25) is 0 Å². The molecule has 0 bridgehead atoms. The molecule has 2 aromatic carbocycles. The standard InChI is InChI=1S/C20H14F4N4O3/c1-31-14-4-2-3-12(9-14)17(29)27-19(30)28-18-25-15(10-16(26-18)20(22,23)24)11-5-7-13(21)8-6-11/h2-10H,1H3,(H2,25,26,27,28,29,30). The molecule has 0 aliphatic carbocycles. The van der Waals surface area contributed by atoms with Crippen LogP contribution in [0.1, 0.15) is 16.1 Å². The number of nitrogens with zero attached hydrogens (tertiary/aromatic N) is 2. The predicted octanol–water partition coefficient (Wildman–Crippen LogP) is 4.27. The van der Waals surface area contributed by atoms with E-state index in [1.807, 2.05) is 10.6 Å². The number of methoxy groups -OCH3 is 1. The van der Waals surface area contributed by atoms with Crippen molar-refractivity contribution in [3.8, 4) is 17.0 Å². The topological polar surface area (TPSA) is 93.2 Å². The van der Waals surface area contributed by atoms with E-state index >= 15 is 0 Å². The molecule has 3 aromatic rings. The van der Waals surface area contributed by atoms with Crippen LogP contribution < -0.4 is 15.4 Å². The van der Waals surface area contributed by atoms with Crippen LogP contribution in [0, 0.1) is 5.82 Å². The van der Waals surface area contributed by atoms with Crippen LogP contribution in [-0.4, -0.2) is 29.0 Å². The van der Waals surface area contributed by atoms with E-state index in [1.54, 1.807) is 6.07 Å². The van der Waals surface area contributed by atoms with E-state index in [2.05, 4.69) is 9.97 Å². The van der Waals surface area contributed by atoms with Crippen molar-refractivity contribution in [2.24, 2.45) is 0 Å². The second-order valence-corrected chi connectivity index (χ2v) is 6.11. The molecule has 3 amide bonds. The molecule has 0 fully saturated rings. The van der Waals surface area contributed by atoms with Gasteiger partial charge in [0.2, 0.25) is 5.95 Å². The third-order valence-electron chi connectivity index (χ3n) is 3.94. The van der Waals surface area contributed by atoms with Crippen LogP contribution in [0.5, 0.6) is 5.75 Å². The molecule has 0 spiro atoms. The average Bonchev–Trinajstić information content (AvgIpc) is 2.73. The maximum absolute atomic E-state index is 13.2. The van der Waals surface area contributed by atoms with Gasteiger partial charge in [0.05, 0.1) is 12.8 Å². The number of urea groups is 1. The molecule has 160 valence electrons. The molecule has 0 atom stereocenters. The van der Waals surface area contributed by atoms with Crippen molar-refractivity contribution in [1.29, 1.82) is 0 Å². The zero-order chi connectivity index (χ0) is 22.6. The van der Waals surface area contributed by atoms with Crippen LogP contribution in [0.15, 0.2) is 54.6 Å². The van der Waals surface area contributed by atoms with Gasteiger partial charge in [-0.2, -0.15) is 13.2 Å². The Labute approximate surface area is 173 Å². The molecule has 2 N–H and O–H groups in total. The number of benzene rings is 2. The fourth-order valence-electron chi connectivity index (χ4n) is 2.49. The lowest BCUT2D eigenvalue weighted by Crippen LogP contribution is -2.35. The van der Waals surface area contributed by atoms with Gasteiger partial charge < -0.3 is 4.74 Å². The summed E-state index contributed by atoms with van der Waals surface area (Å²) in [5.41, 5.74) is -1.26. The van der Waals surface area contributed by atoms with Crippen LogP contribution in [0.25, 0.3) is 11.3 Å². The van der Waals surface area contributed by atoms with Crippen LogP contribution >= 0.6 is 0 Å². The summed E-state index contributed by atoms with van der Waals surface area (Å²) < 4.78 is 57.8. The van der Waals surface area contributed by atoms with Crippen molar-refractivity contribution in [3.05, 3.63) is 71.7 Å². The van der Waals surface area contributed by atoms with Crippen LogP contribution in [0.3, 0.4) is 0 Å². The Morgan fingerprint density at radius 2 is 1.71 bits per heavy atom. The summed E-state index contributed by atoms with van der Waals surface area (Å²) in [6, 6.07) is 9.99. The molecule has 0 unspecified atom stereocenters. The Hall–Kier alpha value is -4.02. The van der Waals surface area contributed by atoms with Gasteiger partial charge in [0.1, 0.15) is 11.6 Å². The number of hydrogen-bond acceptors (Lipinski definition) is 5. The molecule has 11 heteroatoms. The summed E-state index contributed by atoms with van der Waals surface area (Å²) in [5.74, 6) is -1.71. The Kier molecular flexibility index (Phi) is 6.14. The van der Waals surface area contributed by atoms with Crippen molar-refractivity contribution in [1.82, 2.24) is 15.3 Å². The van der Waals surface area contributed by atoms with E-state index in [9.17, 15) is 27.2 Å². The highest BCUT2D eigenvalue weighted by Gasteiger charge is 2.34. The molecular weight excluding hydrogens is 420 g/mol. The third kappa shape index (κ3) is 5.53. The highest BCUT2D eigenvalue weighted by molar-refractivity contribution is 6.07. The van der Waals surface area contributed by atoms with Gasteiger partial charge in [0, 0.05) is 11.1 Å². The quantitative estimate of drug-likeness (QED) is 0.599. The second kappa shape index (κ2) is 8.78. The van der Waals surface area contributed by atoms with Crippen LogP contribution in [-0.2, 0) is 6.18 Å². The lowest BCUT2D eigenvalue weighted by Gasteiger charge is -2.12. The summed E-state index contributed by atoms with van der Waals surface area (Å²) in [5, 5.41) is 3.97. The van der Waals surface area contributed by atoms with Gasteiger partial charge >= 0.3 is 12.2 Å². The van der Waals surface area contributed by atoms with E-state index in [-0.39, 0.29) is 16.8 Å². The second-order valence-electron chi connectivity index (χ2n) is 6.11. The van der Waals surface area contributed by atoms with Gasteiger partial charge in [-0.25, -0.2) is 19.2 Å². The highest BCUT2D eigenvalue weighted by atomic mass is 19.4. The Bertz CT molecular complexity index is 1120. The lowest BCUT2D eigenvalue weighted by molar-refractivity contribution is -0.141. The van der Waals surface area contributed by atoms with Gasteiger partial charge in [0.25, 0.3) is 5.91 Å². The molecule has 0 aliphatic rings. The van der Waals surface area contributed by atoms with Gasteiger partial charge in [-0.15, -0.1) is 0 Å². The molecule has 0 saturated heterocycles. The third-order valence-corrected chi connectivity index (χ3v) is 3.94. The molecule has 1 heterocycles. The number of hydrogen-bond donors (Lipinski definition) is 2. The van der Waals surface area contributed by atoms with E-state index in [0.29, 0.717) is 11.8 Å². The minimum atomic E-state index is -4.83. The maximum atomic E-state index is 13.2. The number of alkyl halides is 3. The number of rotatable bonds is 4. The first-order valence-corrected chi connectivity index (χ1v) is 8.64. The lowest BCUT2D eigenvalue weighted by atomic mass is 10.1.